The maximum absolute atomic E-state index is 13.2. The van der Waals surface area contributed by atoms with Gasteiger partial charge >= 0.3 is 12.4 Å². The van der Waals surface area contributed by atoms with Crippen LogP contribution in [0.4, 0.5) is 18.0 Å². The summed E-state index contributed by atoms with van der Waals surface area (Å²) < 4.78 is 51.9. The van der Waals surface area contributed by atoms with E-state index in [9.17, 15) is 27.6 Å². The number of rotatable bonds is 5. The SMILES string of the molecule is CO[C@]12CN(C(=O)CCc3ccc(OC(F)(F)F)cc3)C[C@@H]1CN(C(=O)N1CCc3c(o[nH]c3=O)C1)C2. The van der Waals surface area contributed by atoms with Crippen LogP contribution in [-0.2, 0) is 28.9 Å². The van der Waals surface area contributed by atoms with Crippen molar-refractivity contribution in [2.45, 2.75) is 37.8 Å². The number of methoxy groups -OCH3 is 1. The van der Waals surface area contributed by atoms with Crippen LogP contribution in [-0.4, -0.2) is 83.6 Å². The number of alkyl halides is 3. The van der Waals surface area contributed by atoms with Crippen molar-refractivity contribution in [2.75, 3.05) is 39.8 Å². The molecule has 3 aliphatic rings. The molecule has 3 amide bonds. The summed E-state index contributed by atoms with van der Waals surface area (Å²) in [6.07, 6.45) is -3.74. The second-order valence-corrected chi connectivity index (χ2v) is 9.70. The molecule has 0 radical (unpaired) electrons. The molecule has 1 N–H and O–H groups in total. The Balaban J connectivity index is 1.15. The van der Waals surface area contributed by atoms with E-state index in [1.165, 1.54) is 24.3 Å². The fourth-order valence-corrected chi connectivity index (χ4v) is 5.51. The lowest BCUT2D eigenvalue weighted by Gasteiger charge is -2.32. The highest BCUT2D eigenvalue weighted by Crippen LogP contribution is 2.38. The molecule has 0 unspecified atom stereocenters. The molecule has 2 atom stereocenters. The van der Waals surface area contributed by atoms with Gasteiger partial charge in [0.05, 0.1) is 25.2 Å². The highest BCUT2D eigenvalue weighted by molar-refractivity contribution is 5.78. The third-order valence-corrected chi connectivity index (χ3v) is 7.47. The molecule has 2 aromatic rings. The number of fused-ring (bicyclic) bond motifs is 2. The van der Waals surface area contributed by atoms with Crippen molar-refractivity contribution < 1.29 is 36.8 Å². The number of urea groups is 1. The average Bonchev–Trinajstić information content (AvgIpc) is 3.52. The summed E-state index contributed by atoms with van der Waals surface area (Å²) in [5.41, 5.74) is 0.385. The first-order chi connectivity index (χ1) is 17.6. The first kappa shape index (κ1) is 25.2. The second-order valence-electron chi connectivity index (χ2n) is 9.70. The van der Waals surface area contributed by atoms with E-state index in [2.05, 4.69) is 9.89 Å². The van der Waals surface area contributed by atoms with Gasteiger partial charge in [0.1, 0.15) is 11.4 Å². The molecule has 1 aromatic heterocycles. The Morgan fingerprint density at radius 2 is 1.84 bits per heavy atom. The number of aryl methyl sites for hydroxylation is 1. The number of likely N-dealkylation sites (tertiary alicyclic amines) is 2. The van der Waals surface area contributed by atoms with E-state index >= 15 is 0 Å². The summed E-state index contributed by atoms with van der Waals surface area (Å²) in [5.74, 6) is 0.0450. The molecule has 200 valence electrons. The fourth-order valence-electron chi connectivity index (χ4n) is 5.51. The van der Waals surface area contributed by atoms with E-state index in [4.69, 9.17) is 9.26 Å². The molecular weight excluding hydrogens is 497 g/mol. The topological polar surface area (TPSA) is 108 Å². The van der Waals surface area contributed by atoms with Crippen LogP contribution >= 0.6 is 0 Å². The first-order valence-corrected chi connectivity index (χ1v) is 12.0. The first-order valence-electron chi connectivity index (χ1n) is 12.0. The molecule has 1 aromatic carbocycles. The van der Waals surface area contributed by atoms with Gasteiger partial charge < -0.3 is 28.7 Å². The normalized spacial score (nSPS) is 23.2. The predicted molar refractivity (Wildman–Crippen MR) is 122 cm³/mol. The van der Waals surface area contributed by atoms with Crippen molar-refractivity contribution in [2.24, 2.45) is 5.92 Å². The highest BCUT2D eigenvalue weighted by atomic mass is 19.4. The van der Waals surface area contributed by atoms with Crippen LogP contribution in [0.25, 0.3) is 0 Å². The molecule has 13 heteroatoms. The van der Waals surface area contributed by atoms with Gasteiger partial charge in [-0.2, -0.15) is 5.16 Å². The van der Waals surface area contributed by atoms with Gasteiger partial charge in [-0.3, -0.25) is 9.59 Å². The number of nitrogens with zero attached hydrogens (tertiary/aromatic N) is 3. The Kier molecular flexibility index (Phi) is 6.42. The summed E-state index contributed by atoms with van der Waals surface area (Å²) in [5, 5.41) is 2.32. The molecule has 5 rings (SSSR count). The van der Waals surface area contributed by atoms with Gasteiger partial charge in [0.15, 0.2) is 5.76 Å². The van der Waals surface area contributed by atoms with Gasteiger partial charge in [0.25, 0.3) is 5.56 Å². The Labute approximate surface area is 209 Å². The van der Waals surface area contributed by atoms with Crippen molar-refractivity contribution in [1.29, 1.82) is 0 Å². The minimum absolute atomic E-state index is 0.0465. The molecule has 2 fully saturated rings. The van der Waals surface area contributed by atoms with Crippen LogP contribution in [0.3, 0.4) is 0 Å². The number of amides is 3. The van der Waals surface area contributed by atoms with Crippen LogP contribution < -0.4 is 10.3 Å². The minimum Gasteiger partial charge on any atom is -0.406 e. The molecule has 10 nitrogen and oxygen atoms in total. The van der Waals surface area contributed by atoms with Gasteiger partial charge in [0.2, 0.25) is 5.91 Å². The van der Waals surface area contributed by atoms with E-state index < -0.39 is 12.0 Å². The standard InChI is InChI=1S/C24H27F3N4O6/c1-35-23-13-30(20(32)7-4-15-2-5-17(6-3-15)36-24(25,26)27)10-16(23)11-31(14-23)22(34)29-9-8-18-19(12-29)37-28-21(18)33/h2-3,5-6,16H,4,7-14H2,1H3,(H,28,33)/t16-,23+/m1/s1. The predicted octanol–water partition coefficient (Wildman–Crippen LogP) is 2.14. The van der Waals surface area contributed by atoms with Crippen molar-refractivity contribution in [3.63, 3.8) is 0 Å². The Morgan fingerprint density at radius 3 is 2.51 bits per heavy atom. The Hall–Kier alpha value is -3.48. The molecule has 37 heavy (non-hydrogen) atoms. The van der Waals surface area contributed by atoms with Gasteiger partial charge in [-0.15, -0.1) is 13.2 Å². The van der Waals surface area contributed by atoms with E-state index in [0.29, 0.717) is 56.9 Å². The number of benzene rings is 1. The van der Waals surface area contributed by atoms with E-state index in [-0.39, 0.29) is 42.1 Å². The number of aromatic amines is 1. The van der Waals surface area contributed by atoms with E-state index in [1.54, 1.807) is 21.8 Å². The van der Waals surface area contributed by atoms with Gasteiger partial charge in [-0.25, -0.2) is 4.79 Å². The Morgan fingerprint density at radius 1 is 1.14 bits per heavy atom. The number of aromatic nitrogens is 1. The molecule has 0 saturated carbocycles. The zero-order valence-corrected chi connectivity index (χ0v) is 20.2. The molecular formula is C24H27F3N4O6. The number of carbonyl (C=O) groups is 2. The van der Waals surface area contributed by atoms with E-state index in [0.717, 1.165) is 5.56 Å². The number of nitrogens with one attached hydrogen (secondary N) is 1. The lowest BCUT2D eigenvalue weighted by molar-refractivity contribution is -0.274. The Bertz CT molecular complexity index is 1230. The maximum atomic E-state index is 13.2. The number of carbonyl (C=O) groups excluding carboxylic acids is 2. The molecule has 3 aliphatic heterocycles. The molecule has 4 heterocycles. The molecule has 0 spiro atoms. The zero-order chi connectivity index (χ0) is 26.4. The largest absolute Gasteiger partial charge is 0.573 e. The van der Waals surface area contributed by atoms with Gasteiger partial charge in [0, 0.05) is 39.1 Å². The number of hydrogen-bond donors (Lipinski definition) is 1. The van der Waals surface area contributed by atoms with E-state index in [1.807, 2.05) is 0 Å². The molecule has 2 saturated heterocycles. The van der Waals surface area contributed by atoms with Crippen LogP contribution in [0, 0.1) is 5.92 Å². The molecule has 0 aliphatic carbocycles. The third-order valence-electron chi connectivity index (χ3n) is 7.47. The third kappa shape index (κ3) is 5.04. The number of ether oxygens (including phenoxy) is 2. The number of H-pyrrole nitrogens is 1. The fraction of sp³-hybridized carbons (Fsp3) is 0.542. The van der Waals surface area contributed by atoms with Crippen LogP contribution in [0.1, 0.15) is 23.3 Å². The van der Waals surface area contributed by atoms with Crippen LogP contribution in [0.2, 0.25) is 0 Å². The summed E-state index contributed by atoms with van der Waals surface area (Å²) >= 11 is 0. The summed E-state index contributed by atoms with van der Waals surface area (Å²) in [7, 11) is 1.58. The lowest BCUT2D eigenvalue weighted by Crippen LogP contribution is -2.48. The quantitative estimate of drug-likeness (QED) is 0.642. The number of halogens is 3. The minimum atomic E-state index is -4.75. The van der Waals surface area contributed by atoms with Crippen molar-refractivity contribution in [1.82, 2.24) is 19.9 Å². The lowest BCUT2D eigenvalue weighted by atomic mass is 9.95. The summed E-state index contributed by atoms with van der Waals surface area (Å²) in [6, 6.07) is 5.32. The van der Waals surface area contributed by atoms with Crippen LogP contribution in [0.5, 0.6) is 5.75 Å². The van der Waals surface area contributed by atoms with Crippen molar-refractivity contribution in [3.05, 3.63) is 51.5 Å². The maximum Gasteiger partial charge on any atom is 0.573 e. The second kappa shape index (κ2) is 9.43. The average molecular weight is 524 g/mol. The van der Waals surface area contributed by atoms with Gasteiger partial charge in [-0.1, -0.05) is 12.1 Å². The summed E-state index contributed by atoms with van der Waals surface area (Å²) in [6.45, 7) is 2.23. The number of hydrogen-bond acceptors (Lipinski definition) is 6. The monoisotopic (exact) mass is 524 g/mol. The highest BCUT2D eigenvalue weighted by Gasteiger charge is 2.55. The van der Waals surface area contributed by atoms with Crippen molar-refractivity contribution in [3.8, 4) is 5.75 Å². The van der Waals surface area contributed by atoms with Gasteiger partial charge in [-0.05, 0) is 30.5 Å². The zero-order valence-electron chi connectivity index (χ0n) is 20.2. The summed E-state index contributed by atoms with van der Waals surface area (Å²) in [4.78, 5) is 43.0. The molecule has 0 bridgehead atoms. The van der Waals surface area contributed by atoms with Crippen LogP contribution in [0.15, 0.2) is 33.6 Å². The van der Waals surface area contributed by atoms with Crippen molar-refractivity contribution >= 4 is 11.9 Å². The smallest absolute Gasteiger partial charge is 0.406 e.